The zero-order chi connectivity index (χ0) is 17.5. The highest BCUT2D eigenvalue weighted by Crippen LogP contribution is 2.17. The molecule has 0 atom stereocenters. The third-order valence-corrected chi connectivity index (χ3v) is 3.33. The van der Waals surface area contributed by atoms with Crippen molar-refractivity contribution in [3.63, 3.8) is 0 Å². The number of benzene rings is 1. The third kappa shape index (κ3) is 4.81. The number of hydrogen-bond donors (Lipinski definition) is 1. The van der Waals surface area contributed by atoms with Crippen LogP contribution in [-0.4, -0.2) is 27.5 Å². The van der Waals surface area contributed by atoms with Gasteiger partial charge in [0, 0.05) is 11.8 Å². The first kappa shape index (κ1) is 16.5. The van der Waals surface area contributed by atoms with E-state index < -0.39 is 0 Å². The second-order valence-electron chi connectivity index (χ2n) is 5.16. The molecule has 0 saturated carbocycles. The summed E-state index contributed by atoms with van der Waals surface area (Å²) in [4.78, 5) is 24.0. The Morgan fingerprint density at radius 3 is 2.76 bits per heavy atom. The first-order valence-corrected chi connectivity index (χ1v) is 7.57. The third-order valence-electron chi connectivity index (χ3n) is 3.33. The number of nitrogens with one attached hydrogen (secondary N) is 1. The molecule has 0 aliphatic carbocycles. The fraction of sp³-hybridized carbons (Fsp3) is 0.111. The second-order valence-corrected chi connectivity index (χ2v) is 5.16. The van der Waals surface area contributed by atoms with E-state index in [1.54, 1.807) is 36.5 Å². The number of hydrogen-bond acceptors (Lipinski definition) is 5. The monoisotopic (exact) mass is 338 g/mol. The van der Waals surface area contributed by atoms with Gasteiger partial charge in [-0.15, -0.1) is 0 Å². The zero-order valence-corrected chi connectivity index (χ0v) is 13.2. The van der Waals surface area contributed by atoms with Crippen molar-refractivity contribution in [2.45, 2.75) is 6.54 Å². The number of rotatable bonds is 6. The molecule has 6 nitrogen and oxygen atoms in total. The summed E-state index contributed by atoms with van der Waals surface area (Å²) in [6.45, 7) is 0.132. The van der Waals surface area contributed by atoms with Gasteiger partial charge >= 0.3 is 0 Å². The minimum atomic E-state index is -0.307. The predicted octanol–water partition coefficient (Wildman–Crippen LogP) is 2.37. The van der Waals surface area contributed by atoms with Crippen LogP contribution in [0.1, 0.15) is 5.69 Å². The van der Waals surface area contributed by atoms with E-state index in [2.05, 4.69) is 20.3 Å². The van der Waals surface area contributed by atoms with Crippen molar-refractivity contribution in [2.24, 2.45) is 0 Å². The van der Waals surface area contributed by atoms with E-state index in [-0.39, 0.29) is 24.9 Å². The van der Waals surface area contributed by atoms with Crippen molar-refractivity contribution in [3.8, 4) is 17.0 Å². The Hall–Kier alpha value is -3.35. The smallest absolute Gasteiger partial charge is 0.258 e. The number of carbonyl (C=O) groups is 1. The summed E-state index contributed by atoms with van der Waals surface area (Å²) in [7, 11) is 0. The second kappa shape index (κ2) is 7.96. The number of aromatic nitrogens is 3. The fourth-order valence-electron chi connectivity index (χ4n) is 2.09. The summed E-state index contributed by atoms with van der Waals surface area (Å²) in [5, 5.41) is 2.72. The average molecular weight is 338 g/mol. The van der Waals surface area contributed by atoms with Gasteiger partial charge in [0.15, 0.2) is 6.61 Å². The Bertz CT molecular complexity index is 841. The van der Waals surface area contributed by atoms with Crippen LogP contribution in [0.2, 0.25) is 0 Å². The maximum absolute atomic E-state index is 13.0. The lowest BCUT2D eigenvalue weighted by atomic mass is 10.1. The van der Waals surface area contributed by atoms with E-state index in [4.69, 9.17) is 4.74 Å². The molecule has 1 aromatic carbocycles. The van der Waals surface area contributed by atoms with Gasteiger partial charge in [0.25, 0.3) is 5.91 Å². The van der Waals surface area contributed by atoms with Crippen LogP contribution in [0.3, 0.4) is 0 Å². The molecule has 0 aliphatic heterocycles. The minimum Gasteiger partial charge on any atom is -0.482 e. The van der Waals surface area contributed by atoms with Crippen LogP contribution in [0.15, 0.2) is 61.2 Å². The van der Waals surface area contributed by atoms with Gasteiger partial charge in [0.2, 0.25) is 0 Å². The Kier molecular flexibility index (Phi) is 5.26. The molecule has 0 unspecified atom stereocenters. The summed E-state index contributed by atoms with van der Waals surface area (Å²) in [6, 6.07) is 11.2. The van der Waals surface area contributed by atoms with E-state index in [1.165, 1.54) is 24.7 Å². The van der Waals surface area contributed by atoms with E-state index in [1.807, 2.05) is 0 Å². The SMILES string of the molecule is O=C(COc1cccnc1)NCc1cc(-c2ccc(F)cc2)ncn1. The van der Waals surface area contributed by atoms with Crippen molar-refractivity contribution in [1.82, 2.24) is 20.3 Å². The minimum absolute atomic E-state index is 0.110. The molecular weight excluding hydrogens is 323 g/mol. The number of nitrogens with zero attached hydrogens (tertiary/aromatic N) is 3. The van der Waals surface area contributed by atoms with Gasteiger partial charge in [-0.05, 0) is 42.5 Å². The first-order valence-electron chi connectivity index (χ1n) is 7.57. The summed E-state index contributed by atoms with van der Waals surface area (Å²) in [5.41, 5.74) is 2.08. The van der Waals surface area contributed by atoms with Crippen molar-refractivity contribution in [3.05, 3.63) is 72.7 Å². The van der Waals surface area contributed by atoms with Crippen LogP contribution in [-0.2, 0) is 11.3 Å². The molecule has 2 heterocycles. The number of carbonyl (C=O) groups excluding carboxylic acids is 1. The van der Waals surface area contributed by atoms with Crippen molar-refractivity contribution >= 4 is 5.91 Å². The summed E-state index contributed by atoms with van der Waals surface area (Å²) in [6.07, 6.45) is 4.57. The van der Waals surface area contributed by atoms with E-state index in [9.17, 15) is 9.18 Å². The highest BCUT2D eigenvalue weighted by molar-refractivity contribution is 5.77. The molecule has 2 aromatic heterocycles. The summed E-state index contributed by atoms with van der Waals surface area (Å²) < 4.78 is 18.3. The molecule has 3 rings (SSSR count). The van der Waals surface area contributed by atoms with Crippen LogP contribution in [0.5, 0.6) is 5.75 Å². The molecule has 0 fully saturated rings. The highest BCUT2D eigenvalue weighted by Gasteiger charge is 2.06. The Morgan fingerprint density at radius 1 is 1.16 bits per heavy atom. The number of ether oxygens (including phenoxy) is 1. The van der Waals surface area contributed by atoms with Crippen LogP contribution >= 0.6 is 0 Å². The van der Waals surface area contributed by atoms with Crippen LogP contribution in [0, 0.1) is 5.82 Å². The lowest BCUT2D eigenvalue weighted by Gasteiger charge is -2.08. The predicted molar refractivity (Wildman–Crippen MR) is 89.0 cm³/mol. The largest absolute Gasteiger partial charge is 0.482 e. The standard InChI is InChI=1S/C18H15FN4O2/c19-14-5-3-13(4-6-14)17-8-15(22-12-23-17)9-21-18(24)11-25-16-2-1-7-20-10-16/h1-8,10,12H,9,11H2,(H,21,24). The quantitative estimate of drug-likeness (QED) is 0.747. The maximum Gasteiger partial charge on any atom is 0.258 e. The molecule has 1 amide bonds. The maximum atomic E-state index is 13.0. The van der Waals surface area contributed by atoms with Crippen molar-refractivity contribution in [2.75, 3.05) is 6.61 Å². The van der Waals surface area contributed by atoms with Gasteiger partial charge in [-0.1, -0.05) is 0 Å². The molecule has 7 heteroatoms. The first-order chi connectivity index (χ1) is 12.2. The topological polar surface area (TPSA) is 77.0 Å². The Labute approximate surface area is 143 Å². The van der Waals surface area contributed by atoms with Gasteiger partial charge in [-0.25, -0.2) is 14.4 Å². The van der Waals surface area contributed by atoms with Gasteiger partial charge in [-0.2, -0.15) is 0 Å². The molecule has 25 heavy (non-hydrogen) atoms. The zero-order valence-electron chi connectivity index (χ0n) is 13.2. The molecule has 0 radical (unpaired) electrons. The van der Waals surface area contributed by atoms with Gasteiger partial charge < -0.3 is 10.1 Å². The molecule has 0 spiro atoms. The number of halogens is 1. The van der Waals surface area contributed by atoms with E-state index in [0.29, 0.717) is 17.1 Å². The van der Waals surface area contributed by atoms with Crippen molar-refractivity contribution in [1.29, 1.82) is 0 Å². The summed E-state index contributed by atoms with van der Waals surface area (Å²) in [5.74, 6) is -0.0528. The van der Waals surface area contributed by atoms with E-state index in [0.717, 1.165) is 5.56 Å². The average Bonchev–Trinajstić information content (AvgIpc) is 2.66. The lowest BCUT2D eigenvalue weighted by Crippen LogP contribution is -2.28. The Balaban J connectivity index is 1.55. The number of amides is 1. The molecular formula is C18H15FN4O2. The fourth-order valence-corrected chi connectivity index (χ4v) is 2.09. The summed E-state index contributed by atoms with van der Waals surface area (Å²) >= 11 is 0. The molecule has 0 saturated heterocycles. The van der Waals surface area contributed by atoms with Gasteiger partial charge in [-0.3, -0.25) is 9.78 Å². The Morgan fingerprint density at radius 2 is 2.00 bits per heavy atom. The molecule has 0 bridgehead atoms. The normalized spacial score (nSPS) is 10.3. The molecule has 0 aliphatic rings. The van der Waals surface area contributed by atoms with Gasteiger partial charge in [0.1, 0.15) is 17.9 Å². The lowest BCUT2D eigenvalue weighted by molar-refractivity contribution is -0.123. The molecule has 3 aromatic rings. The van der Waals surface area contributed by atoms with Crippen LogP contribution in [0.25, 0.3) is 11.3 Å². The van der Waals surface area contributed by atoms with Gasteiger partial charge in [0.05, 0.1) is 24.1 Å². The van der Waals surface area contributed by atoms with E-state index >= 15 is 0 Å². The molecule has 1 N–H and O–H groups in total. The van der Waals surface area contributed by atoms with Crippen LogP contribution in [0.4, 0.5) is 4.39 Å². The van der Waals surface area contributed by atoms with Crippen molar-refractivity contribution < 1.29 is 13.9 Å². The van der Waals surface area contributed by atoms with Crippen LogP contribution < -0.4 is 10.1 Å². The molecule has 126 valence electrons. The number of pyridine rings is 1. The highest BCUT2D eigenvalue weighted by atomic mass is 19.1.